The summed E-state index contributed by atoms with van der Waals surface area (Å²) < 4.78 is 12.6. The molecule has 0 aromatic heterocycles. The van der Waals surface area contributed by atoms with Gasteiger partial charge in [0.25, 0.3) is 0 Å². The van der Waals surface area contributed by atoms with Gasteiger partial charge in [0.05, 0.1) is 5.25 Å². The summed E-state index contributed by atoms with van der Waals surface area (Å²) in [5.74, 6) is 1.46. The van der Waals surface area contributed by atoms with Crippen molar-refractivity contribution >= 4 is 10.8 Å². The Morgan fingerprint density at radius 1 is 1.28 bits per heavy atom. The molecule has 0 radical (unpaired) electrons. The fourth-order valence-electron chi connectivity index (χ4n) is 2.95. The molecule has 1 aliphatic carbocycles. The van der Waals surface area contributed by atoms with Gasteiger partial charge in [-0.2, -0.15) is 0 Å². The van der Waals surface area contributed by atoms with Crippen molar-refractivity contribution in [2.75, 3.05) is 6.54 Å². The molecule has 4 unspecified atom stereocenters. The lowest BCUT2D eigenvalue weighted by molar-refractivity contribution is 0.244. The molecule has 18 heavy (non-hydrogen) atoms. The van der Waals surface area contributed by atoms with E-state index >= 15 is 0 Å². The van der Waals surface area contributed by atoms with Gasteiger partial charge < -0.3 is 5.32 Å². The van der Waals surface area contributed by atoms with Crippen LogP contribution in [0.25, 0.3) is 0 Å². The van der Waals surface area contributed by atoms with Crippen molar-refractivity contribution < 1.29 is 4.21 Å². The topological polar surface area (TPSA) is 29.1 Å². The molecule has 1 saturated carbocycles. The summed E-state index contributed by atoms with van der Waals surface area (Å²) in [7, 11) is -0.755. The average Bonchev–Trinajstić information content (AvgIpc) is 2.27. The lowest BCUT2D eigenvalue weighted by atomic mass is 9.79. The van der Waals surface area contributed by atoms with Crippen LogP contribution in [0.5, 0.6) is 0 Å². The highest BCUT2D eigenvalue weighted by Gasteiger charge is 2.38. The fourth-order valence-corrected chi connectivity index (χ4v) is 4.81. The summed E-state index contributed by atoms with van der Waals surface area (Å²) in [6.45, 7) is 14.0. The molecular formula is C15H31NOS. The molecule has 0 aromatic rings. The minimum absolute atomic E-state index is 0.1000. The van der Waals surface area contributed by atoms with Crippen LogP contribution in [0.1, 0.15) is 60.8 Å². The third kappa shape index (κ3) is 4.06. The lowest BCUT2D eigenvalue weighted by Gasteiger charge is -2.40. The Bertz CT molecular complexity index is 283. The first kappa shape index (κ1) is 16.2. The minimum atomic E-state index is -0.755. The molecule has 4 atom stereocenters. The van der Waals surface area contributed by atoms with Crippen LogP contribution >= 0.6 is 0 Å². The van der Waals surface area contributed by atoms with Crippen LogP contribution in [0.4, 0.5) is 0 Å². The third-order valence-corrected chi connectivity index (χ3v) is 6.40. The average molecular weight is 273 g/mol. The maximum atomic E-state index is 12.7. The predicted octanol–water partition coefficient (Wildman–Crippen LogP) is 3.34. The molecule has 0 saturated heterocycles. The van der Waals surface area contributed by atoms with Crippen molar-refractivity contribution in [3.05, 3.63) is 0 Å². The van der Waals surface area contributed by atoms with Gasteiger partial charge in [0, 0.05) is 21.6 Å². The zero-order valence-electron chi connectivity index (χ0n) is 13.0. The van der Waals surface area contributed by atoms with Crippen LogP contribution in [-0.4, -0.2) is 26.8 Å². The Morgan fingerprint density at radius 2 is 1.89 bits per heavy atom. The molecule has 0 aromatic carbocycles. The number of rotatable bonds is 4. The molecule has 1 aliphatic rings. The molecular weight excluding hydrogens is 242 g/mol. The lowest BCUT2D eigenvalue weighted by Crippen LogP contribution is -2.50. The molecule has 108 valence electrons. The SMILES string of the molecule is CCNC1CCC(C(C)C)CC1S(=O)C(C)(C)C. The van der Waals surface area contributed by atoms with Crippen LogP contribution in [-0.2, 0) is 10.8 Å². The monoisotopic (exact) mass is 273 g/mol. The molecule has 0 aliphatic heterocycles. The largest absolute Gasteiger partial charge is 0.313 e. The molecule has 0 bridgehead atoms. The van der Waals surface area contributed by atoms with Gasteiger partial charge in [-0.15, -0.1) is 0 Å². The van der Waals surface area contributed by atoms with E-state index in [9.17, 15) is 4.21 Å². The van der Waals surface area contributed by atoms with Crippen LogP contribution in [0.2, 0.25) is 0 Å². The third-order valence-electron chi connectivity index (χ3n) is 4.12. The highest BCUT2D eigenvalue weighted by molar-refractivity contribution is 7.87. The first-order valence-corrected chi connectivity index (χ1v) is 8.62. The van der Waals surface area contributed by atoms with Gasteiger partial charge in [-0.05, 0) is 58.4 Å². The van der Waals surface area contributed by atoms with Crippen molar-refractivity contribution in [1.82, 2.24) is 5.32 Å². The van der Waals surface area contributed by atoms with E-state index in [1.54, 1.807) is 0 Å². The van der Waals surface area contributed by atoms with E-state index in [2.05, 4.69) is 46.9 Å². The Kier molecular flexibility index (Phi) is 5.85. The van der Waals surface area contributed by atoms with E-state index in [4.69, 9.17) is 0 Å². The Morgan fingerprint density at radius 3 is 2.33 bits per heavy atom. The minimum Gasteiger partial charge on any atom is -0.313 e. The number of nitrogens with one attached hydrogen (secondary N) is 1. The second-order valence-electron chi connectivity index (χ2n) is 6.93. The summed E-state index contributed by atoms with van der Waals surface area (Å²) in [6.07, 6.45) is 3.59. The Labute approximate surface area is 116 Å². The van der Waals surface area contributed by atoms with Crippen molar-refractivity contribution in [1.29, 1.82) is 0 Å². The predicted molar refractivity (Wildman–Crippen MR) is 81.3 cm³/mol. The second kappa shape index (κ2) is 6.51. The Hall–Kier alpha value is 0.110. The van der Waals surface area contributed by atoms with Gasteiger partial charge >= 0.3 is 0 Å². The maximum Gasteiger partial charge on any atom is 0.0509 e. The molecule has 0 spiro atoms. The zero-order valence-corrected chi connectivity index (χ0v) is 13.8. The van der Waals surface area contributed by atoms with E-state index in [1.165, 1.54) is 12.8 Å². The number of hydrogen-bond donors (Lipinski definition) is 1. The summed E-state index contributed by atoms with van der Waals surface area (Å²) in [4.78, 5) is 0. The molecule has 2 nitrogen and oxygen atoms in total. The quantitative estimate of drug-likeness (QED) is 0.851. The summed E-state index contributed by atoms with van der Waals surface area (Å²) in [5, 5.41) is 3.88. The van der Waals surface area contributed by atoms with E-state index in [0.29, 0.717) is 17.2 Å². The van der Waals surface area contributed by atoms with Crippen molar-refractivity contribution in [3.63, 3.8) is 0 Å². The van der Waals surface area contributed by atoms with Gasteiger partial charge in [-0.3, -0.25) is 4.21 Å². The van der Waals surface area contributed by atoms with Gasteiger partial charge in [0.2, 0.25) is 0 Å². The van der Waals surface area contributed by atoms with Crippen molar-refractivity contribution in [2.45, 2.75) is 76.8 Å². The van der Waals surface area contributed by atoms with E-state index in [1.807, 2.05) is 0 Å². The van der Waals surface area contributed by atoms with Gasteiger partial charge in [-0.25, -0.2) is 0 Å². The molecule has 0 heterocycles. The van der Waals surface area contributed by atoms with Gasteiger partial charge in [0.15, 0.2) is 0 Å². The van der Waals surface area contributed by atoms with E-state index < -0.39 is 10.8 Å². The smallest absolute Gasteiger partial charge is 0.0509 e. The van der Waals surface area contributed by atoms with Crippen LogP contribution in [0, 0.1) is 11.8 Å². The first-order valence-electron chi connectivity index (χ1n) is 7.41. The van der Waals surface area contributed by atoms with Crippen LogP contribution in [0.15, 0.2) is 0 Å². The van der Waals surface area contributed by atoms with E-state index in [-0.39, 0.29) is 4.75 Å². The standard InChI is InChI=1S/C15H31NOS/c1-7-16-13-9-8-12(11(2)3)10-14(13)18(17)15(4,5)6/h11-14,16H,7-10H2,1-6H3. The highest BCUT2D eigenvalue weighted by atomic mass is 32.2. The van der Waals surface area contributed by atoms with Crippen LogP contribution < -0.4 is 5.32 Å². The fraction of sp³-hybridized carbons (Fsp3) is 1.00. The normalized spacial score (nSPS) is 31.6. The number of hydrogen-bond acceptors (Lipinski definition) is 2. The van der Waals surface area contributed by atoms with Gasteiger partial charge in [0.1, 0.15) is 0 Å². The second-order valence-corrected chi connectivity index (χ2v) is 9.35. The molecule has 1 fully saturated rings. The molecule has 1 rings (SSSR count). The Balaban J connectivity index is 2.81. The van der Waals surface area contributed by atoms with Crippen LogP contribution in [0.3, 0.4) is 0 Å². The van der Waals surface area contributed by atoms with Crippen molar-refractivity contribution in [2.24, 2.45) is 11.8 Å². The molecule has 1 N–H and O–H groups in total. The maximum absolute atomic E-state index is 12.7. The van der Waals surface area contributed by atoms with Crippen molar-refractivity contribution in [3.8, 4) is 0 Å². The summed E-state index contributed by atoms with van der Waals surface area (Å²) in [5.41, 5.74) is 0. The zero-order chi connectivity index (χ0) is 13.9. The molecule has 0 amide bonds. The summed E-state index contributed by atoms with van der Waals surface area (Å²) in [6, 6.07) is 0.449. The van der Waals surface area contributed by atoms with E-state index in [0.717, 1.165) is 18.9 Å². The molecule has 3 heteroatoms. The van der Waals surface area contributed by atoms with Gasteiger partial charge in [-0.1, -0.05) is 20.8 Å². The highest BCUT2D eigenvalue weighted by Crippen LogP contribution is 2.35. The first-order chi connectivity index (χ1) is 8.27. The summed E-state index contributed by atoms with van der Waals surface area (Å²) >= 11 is 0.